The fourth-order valence-electron chi connectivity index (χ4n) is 2.17. The van der Waals surface area contributed by atoms with Gasteiger partial charge in [0.25, 0.3) is 0 Å². The molecule has 0 radical (unpaired) electrons. The van der Waals surface area contributed by atoms with Crippen molar-refractivity contribution in [1.82, 2.24) is 5.32 Å². The number of hydrogen-bond donors (Lipinski definition) is 2. The van der Waals surface area contributed by atoms with Crippen molar-refractivity contribution >= 4 is 0 Å². The second-order valence-corrected chi connectivity index (χ2v) is 4.64. The third-order valence-electron chi connectivity index (χ3n) is 3.27. The Hall–Kier alpha value is -1.94. The van der Waals surface area contributed by atoms with Crippen LogP contribution < -0.4 is 5.32 Å². The molecular formula is C16H17F2NO. The Kier molecular flexibility index (Phi) is 4.69. The van der Waals surface area contributed by atoms with Crippen LogP contribution >= 0.6 is 0 Å². The third-order valence-corrected chi connectivity index (χ3v) is 3.27. The van der Waals surface area contributed by atoms with Gasteiger partial charge in [-0.15, -0.1) is 0 Å². The minimum atomic E-state index is -0.459. The SMILES string of the molecule is CCC(NCc1cc(F)ccc1F)c1ccccc1O. The van der Waals surface area contributed by atoms with Gasteiger partial charge in [0.2, 0.25) is 0 Å². The van der Waals surface area contributed by atoms with Gasteiger partial charge < -0.3 is 10.4 Å². The van der Waals surface area contributed by atoms with Gasteiger partial charge in [-0.3, -0.25) is 0 Å². The Morgan fingerprint density at radius 1 is 1.15 bits per heavy atom. The molecule has 2 N–H and O–H groups in total. The lowest BCUT2D eigenvalue weighted by Gasteiger charge is -2.18. The molecule has 1 atom stereocenters. The van der Waals surface area contributed by atoms with Gasteiger partial charge in [0, 0.05) is 23.7 Å². The first-order chi connectivity index (χ1) is 9.61. The fourth-order valence-corrected chi connectivity index (χ4v) is 2.17. The average Bonchev–Trinajstić information content (AvgIpc) is 2.45. The molecule has 0 bridgehead atoms. The van der Waals surface area contributed by atoms with Crippen LogP contribution in [0.25, 0.3) is 0 Å². The summed E-state index contributed by atoms with van der Waals surface area (Å²) in [6.07, 6.45) is 0.731. The van der Waals surface area contributed by atoms with E-state index in [4.69, 9.17) is 0 Å². The summed E-state index contributed by atoms with van der Waals surface area (Å²) in [6.45, 7) is 2.17. The number of benzene rings is 2. The quantitative estimate of drug-likeness (QED) is 0.868. The summed E-state index contributed by atoms with van der Waals surface area (Å²) in [5.41, 5.74) is 1.03. The summed E-state index contributed by atoms with van der Waals surface area (Å²) in [7, 11) is 0. The zero-order valence-electron chi connectivity index (χ0n) is 11.2. The smallest absolute Gasteiger partial charge is 0.127 e. The molecule has 0 fully saturated rings. The van der Waals surface area contributed by atoms with Crippen molar-refractivity contribution < 1.29 is 13.9 Å². The van der Waals surface area contributed by atoms with E-state index < -0.39 is 11.6 Å². The van der Waals surface area contributed by atoms with Gasteiger partial charge in [0.1, 0.15) is 17.4 Å². The topological polar surface area (TPSA) is 32.3 Å². The second-order valence-electron chi connectivity index (χ2n) is 4.64. The first-order valence-electron chi connectivity index (χ1n) is 6.57. The van der Waals surface area contributed by atoms with E-state index in [-0.39, 0.29) is 23.9 Å². The minimum absolute atomic E-state index is 0.112. The van der Waals surface area contributed by atoms with Crippen LogP contribution in [0.1, 0.15) is 30.5 Å². The maximum absolute atomic E-state index is 13.5. The van der Waals surface area contributed by atoms with Crippen LogP contribution in [0.2, 0.25) is 0 Å². The lowest BCUT2D eigenvalue weighted by molar-refractivity contribution is 0.438. The van der Waals surface area contributed by atoms with E-state index in [0.717, 1.165) is 24.1 Å². The molecular weight excluding hydrogens is 260 g/mol. The number of phenols is 1. The summed E-state index contributed by atoms with van der Waals surface area (Å²) >= 11 is 0. The predicted octanol–water partition coefficient (Wildman–Crippen LogP) is 3.91. The highest BCUT2D eigenvalue weighted by Gasteiger charge is 2.13. The van der Waals surface area contributed by atoms with Gasteiger partial charge >= 0.3 is 0 Å². The van der Waals surface area contributed by atoms with Crippen molar-refractivity contribution in [3.8, 4) is 5.75 Å². The van der Waals surface area contributed by atoms with Crippen molar-refractivity contribution in [2.45, 2.75) is 25.9 Å². The standard InChI is InChI=1S/C16H17F2NO/c1-2-15(13-5-3-4-6-16(13)20)19-10-11-9-12(17)7-8-14(11)18/h3-9,15,19-20H,2,10H2,1H3. The molecule has 106 valence electrons. The maximum Gasteiger partial charge on any atom is 0.127 e. The van der Waals surface area contributed by atoms with Crippen molar-refractivity contribution in [3.63, 3.8) is 0 Å². The molecule has 0 amide bonds. The number of nitrogens with one attached hydrogen (secondary N) is 1. The Bertz CT molecular complexity index is 586. The van der Waals surface area contributed by atoms with Crippen molar-refractivity contribution in [2.75, 3.05) is 0 Å². The first-order valence-corrected chi connectivity index (χ1v) is 6.57. The van der Waals surface area contributed by atoms with Crippen molar-refractivity contribution in [3.05, 3.63) is 65.2 Å². The summed E-state index contributed by atoms with van der Waals surface area (Å²) in [4.78, 5) is 0. The number of aromatic hydroxyl groups is 1. The van der Waals surface area contributed by atoms with Crippen LogP contribution in [0, 0.1) is 11.6 Å². The minimum Gasteiger partial charge on any atom is -0.508 e. The molecule has 2 aromatic rings. The summed E-state index contributed by atoms with van der Waals surface area (Å²) in [5.74, 6) is -0.698. The van der Waals surface area contributed by atoms with E-state index in [1.807, 2.05) is 19.1 Å². The van der Waals surface area contributed by atoms with Gasteiger partial charge in [-0.2, -0.15) is 0 Å². The molecule has 2 rings (SSSR count). The normalized spacial score (nSPS) is 12.3. The lowest BCUT2D eigenvalue weighted by atomic mass is 10.0. The van der Waals surface area contributed by atoms with E-state index in [0.29, 0.717) is 0 Å². The van der Waals surface area contributed by atoms with Crippen LogP contribution in [0.4, 0.5) is 8.78 Å². The summed E-state index contributed by atoms with van der Waals surface area (Å²) < 4.78 is 26.7. The van der Waals surface area contributed by atoms with Crippen molar-refractivity contribution in [1.29, 1.82) is 0 Å². The molecule has 4 heteroatoms. The fraction of sp³-hybridized carbons (Fsp3) is 0.250. The van der Waals surface area contributed by atoms with Crippen LogP contribution in [0.15, 0.2) is 42.5 Å². The predicted molar refractivity (Wildman–Crippen MR) is 74.3 cm³/mol. The van der Waals surface area contributed by atoms with Crippen LogP contribution in [-0.4, -0.2) is 5.11 Å². The molecule has 0 aromatic heterocycles. The van der Waals surface area contributed by atoms with Crippen LogP contribution in [0.3, 0.4) is 0 Å². The van der Waals surface area contributed by atoms with Gasteiger partial charge in [0.05, 0.1) is 0 Å². The number of hydrogen-bond acceptors (Lipinski definition) is 2. The maximum atomic E-state index is 13.5. The molecule has 0 saturated carbocycles. The molecule has 0 heterocycles. The molecule has 0 aliphatic heterocycles. The monoisotopic (exact) mass is 277 g/mol. The molecule has 1 unspecified atom stereocenters. The first kappa shape index (κ1) is 14.5. The second kappa shape index (κ2) is 6.48. The molecule has 0 aliphatic rings. The van der Waals surface area contributed by atoms with E-state index in [1.165, 1.54) is 6.07 Å². The number of phenolic OH excluding ortho intramolecular Hbond substituents is 1. The zero-order chi connectivity index (χ0) is 14.5. The van der Waals surface area contributed by atoms with Gasteiger partial charge in [-0.25, -0.2) is 8.78 Å². The largest absolute Gasteiger partial charge is 0.508 e. The highest BCUT2D eigenvalue weighted by Crippen LogP contribution is 2.26. The molecule has 2 nitrogen and oxygen atoms in total. The number of para-hydroxylation sites is 1. The van der Waals surface area contributed by atoms with Crippen LogP contribution in [0.5, 0.6) is 5.75 Å². The zero-order valence-corrected chi connectivity index (χ0v) is 11.2. The molecule has 0 saturated heterocycles. The van der Waals surface area contributed by atoms with E-state index in [9.17, 15) is 13.9 Å². The molecule has 20 heavy (non-hydrogen) atoms. The Morgan fingerprint density at radius 2 is 1.90 bits per heavy atom. The molecule has 2 aromatic carbocycles. The number of halogens is 2. The van der Waals surface area contributed by atoms with Crippen molar-refractivity contribution in [2.24, 2.45) is 0 Å². The Morgan fingerprint density at radius 3 is 2.60 bits per heavy atom. The lowest BCUT2D eigenvalue weighted by Crippen LogP contribution is -2.21. The van der Waals surface area contributed by atoms with Crippen LogP contribution in [-0.2, 0) is 6.54 Å². The highest BCUT2D eigenvalue weighted by atomic mass is 19.1. The van der Waals surface area contributed by atoms with Gasteiger partial charge in [0.15, 0.2) is 0 Å². The molecule has 0 spiro atoms. The van der Waals surface area contributed by atoms with E-state index in [1.54, 1.807) is 12.1 Å². The Balaban J connectivity index is 2.12. The van der Waals surface area contributed by atoms with E-state index in [2.05, 4.69) is 5.32 Å². The van der Waals surface area contributed by atoms with Gasteiger partial charge in [-0.1, -0.05) is 25.1 Å². The summed E-state index contributed by atoms with van der Waals surface area (Å²) in [6, 6.07) is 10.3. The van der Waals surface area contributed by atoms with E-state index >= 15 is 0 Å². The van der Waals surface area contributed by atoms with Gasteiger partial charge in [-0.05, 0) is 30.7 Å². The average molecular weight is 277 g/mol. The third kappa shape index (κ3) is 3.33. The highest BCUT2D eigenvalue weighted by molar-refractivity contribution is 5.34. The number of rotatable bonds is 5. The molecule has 0 aliphatic carbocycles. The Labute approximate surface area is 117 Å². The summed E-state index contributed by atoms with van der Waals surface area (Å²) in [5, 5.41) is 13.0.